The van der Waals surface area contributed by atoms with Crippen LogP contribution in [-0.2, 0) is 11.3 Å². The van der Waals surface area contributed by atoms with Crippen molar-refractivity contribution in [1.29, 1.82) is 0 Å². The zero-order valence-electron chi connectivity index (χ0n) is 9.85. The van der Waals surface area contributed by atoms with Crippen molar-refractivity contribution in [2.75, 3.05) is 6.54 Å². The monoisotopic (exact) mass is 234 g/mol. The molecule has 92 valence electrons. The number of nitrogens with zero attached hydrogens (tertiary/aromatic N) is 2. The first-order valence-corrected chi connectivity index (χ1v) is 6.09. The number of hydrogen-bond donors (Lipinski definition) is 2. The van der Waals surface area contributed by atoms with Crippen LogP contribution in [0.1, 0.15) is 31.4 Å². The molecule has 0 unspecified atom stereocenters. The summed E-state index contributed by atoms with van der Waals surface area (Å²) in [6.07, 6.45) is 8.10. The van der Waals surface area contributed by atoms with Gasteiger partial charge in [-0.25, -0.2) is 9.97 Å². The van der Waals surface area contributed by atoms with E-state index >= 15 is 0 Å². The van der Waals surface area contributed by atoms with Crippen LogP contribution < -0.4 is 10.6 Å². The predicted octanol–water partition coefficient (Wildman–Crippen LogP) is 0.625. The third kappa shape index (κ3) is 4.11. The Morgan fingerprint density at radius 1 is 1.41 bits per heavy atom. The summed E-state index contributed by atoms with van der Waals surface area (Å²) >= 11 is 0. The fourth-order valence-corrected chi connectivity index (χ4v) is 2.04. The maximum absolute atomic E-state index is 11.6. The summed E-state index contributed by atoms with van der Waals surface area (Å²) in [7, 11) is 0. The van der Waals surface area contributed by atoms with Gasteiger partial charge in [0, 0.05) is 12.2 Å². The minimum Gasteiger partial charge on any atom is -0.349 e. The van der Waals surface area contributed by atoms with E-state index in [-0.39, 0.29) is 5.91 Å². The first-order valence-electron chi connectivity index (χ1n) is 6.09. The molecule has 1 aliphatic carbocycles. The van der Waals surface area contributed by atoms with E-state index in [9.17, 15) is 4.79 Å². The highest BCUT2D eigenvalue weighted by atomic mass is 16.1. The Balaban J connectivity index is 1.64. The summed E-state index contributed by atoms with van der Waals surface area (Å²) in [5, 5.41) is 6.10. The Hall–Kier alpha value is -1.49. The lowest BCUT2D eigenvalue weighted by molar-refractivity contribution is -0.120. The van der Waals surface area contributed by atoms with Gasteiger partial charge in [0.15, 0.2) is 0 Å². The van der Waals surface area contributed by atoms with Crippen molar-refractivity contribution in [1.82, 2.24) is 20.6 Å². The van der Waals surface area contributed by atoms with E-state index in [1.54, 1.807) is 12.3 Å². The molecular weight excluding hydrogens is 216 g/mol. The van der Waals surface area contributed by atoms with Gasteiger partial charge in [-0.15, -0.1) is 0 Å². The van der Waals surface area contributed by atoms with Crippen LogP contribution in [0.25, 0.3) is 0 Å². The summed E-state index contributed by atoms with van der Waals surface area (Å²) in [4.78, 5) is 19.4. The number of carbonyl (C=O) groups is 1. The normalized spacial score (nSPS) is 16.0. The number of aromatic nitrogens is 2. The SMILES string of the molecule is O=C(CNC1CCCC1)NCc1ccncn1. The third-order valence-corrected chi connectivity index (χ3v) is 3.02. The van der Waals surface area contributed by atoms with Crippen molar-refractivity contribution in [3.63, 3.8) is 0 Å². The highest BCUT2D eigenvalue weighted by molar-refractivity contribution is 5.77. The molecule has 1 aromatic rings. The fourth-order valence-electron chi connectivity index (χ4n) is 2.04. The molecule has 2 N–H and O–H groups in total. The molecule has 0 bridgehead atoms. The molecule has 17 heavy (non-hydrogen) atoms. The van der Waals surface area contributed by atoms with Gasteiger partial charge in [-0.2, -0.15) is 0 Å². The van der Waals surface area contributed by atoms with Crippen molar-refractivity contribution in [2.45, 2.75) is 38.3 Å². The van der Waals surface area contributed by atoms with E-state index in [1.807, 2.05) is 0 Å². The molecule has 0 aromatic carbocycles. The maximum Gasteiger partial charge on any atom is 0.234 e. The van der Waals surface area contributed by atoms with Gasteiger partial charge in [0.25, 0.3) is 0 Å². The molecule has 5 nitrogen and oxygen atoms in total. The molecule has 2 rings (SSSR count). The van der Waals surface area contributed by atoms with Crippen LogP contribution in [0.5, 0.6) is 0 Å². The lowest BCUT2D eigenvalue weighted by atomic mass is 10.2. The standard InChI is InChI=1S/C12H18N4O/c17-12(8-14-10-3-1-2-4-10)15-7-11-5-6-13-9-16-11/h5-6,9-10,14H,1-4,7-8H2,(H,15,17). The number of amides is 1. The lowest BCUT2D eigenvalue weighted by Gasteiger charge is -2.11. The quantitative estimate of drug-likeness (QED) is 0.784. The van der Waals surface area contributed by atoms with Crippen LogP contribution in [-0.4, -0.2) is 28.5 Å². The van der Waals surface area contributed by atoms with Gasteiger partial charge in [0.1, 0.15) is 6.33 Å². The molecule has 0 atom stereocenters. The zero-order chi connectivity index (χ0) is 11.9. The summed E-state index contributed by atoms with van der Waals surface area (Å²) in [6.45, 7) is 0.865. The van der Waals surface area contributed by atoms with Crippen LogP contribution in [0.4, 0.5) is 0 Å². The first kappa shape index (κ1) is 12.0. The Kier molecular flexibility index (Phi) is 4.44. The molecule has 5 heteroatoms. The van der Waals surface area contributed by atoms with Gasteiger partial charge >= 0.3 is 0 Å². The van der Waals surface area contributed by atoms with Crippen LogP contribution >= 0.6 is 0 Å². The number of hydrogen-bond acceptors (Lipinski definition) is 4. The largest absolute Gasteiger partial charge is 0.349 e. The van der Waals surface area contributed by atoms with Gasteiger partial charge in [-0.05, 0) is 18.9 Å². The van der Waals surface area contributed by atoms with Crippen molar-refractivity contribution in [2.24, 2.45) is 0 Å². The molecule has 0 aliphatic heterocycles. The summed E-state index contributed by atoms with van der Waals surface area (Å²) in [5.41, 5.74) is 0.828. The van der Waals surface area contributed by atoms with E-state index < -0.39 is 0 Å². The zero-order valence-corrected chi connectivity index (χ0v) is 9.85. The lowest BCUT2D eigenvalue weighted by Crippen LogP contribution is -2.37. The Labute approximate surface area is 101 Å². The average molecular weight is 234 g/mol. The molecule has 0 radical (unpaired) electrons. The first-order chi connectivity index (χ1) is 8.34. The van der Waals surface area contributed by atoms with Crippen molar-refractivity contribution < 1.29 is 4.79 Å². The Bertz CT molecular complexity index is 349. The molecule has 1 amide bonds. The van der Waals surface area contributed by atoms with E-state index in [0.717, 1.165) is 5.69 Å². The van der Waals surface area contributed by atoms with E-state index in [0.29, 0.717) is 19.1 Å². The second-order valence-electron chi connectivity index (χ2n) is 4.34. The van der Waals surface area contributed by atoms with E-state index in [4.69, 9.17) is 0 Å². The second-order valence-corrected chi connectivity index (χ2v) is 4.34. The molecule has 1 aromatic heterocycles. The number of rotatable bonds is 5. The van der Waals surface area contributed by atoms with Gasteiger partial charge in [0.05, 0.1) is 18.8 Å². The number of nitrogens with one attached hydrogen (secondary N) is 2. The summed E-state index contributed by atoms with van der Waals surface area (Å²) in [6, 6.07) is 2.32. The third-order valence-electron chi connectivity index (χ3n) is 3.02. The topological polar surface area (TPSA) is 66.9 Å². The molecule has 1 saturated carbocycles. The van der Waals surface area contributed by atoms with Gasteiger partial charge < -0.3 is 10.6 Å². The number of carbonyl (C=O) groups excluding carboxylic acids is 1. The predicted molar refractivity (Wildman–Crippen MR) is 64.1 cm³/mol. The summed E-state index contributed by atoms with van der Waals surface area (Å²) in [5.74, 6) is 0.0236. The minimum atomic E-state index is 0.0236. The van der Waals surface area contributed by atoms with Gasteiger partial charge in [-0.3, -0.25) is 4.79 Å². The van der Waals surface area contributed by atoms with Gasteiger partial charge in [0.2, 0.25) is 5.91 Å². The van der Waals surface area contributed by atoms with Crippen molar-refractivity contribution in [3.05, 3.63) is 24.3 Å². The van der Waals surface area contributed by atoms with E-state index in [2.05, 4.69) is 20.6 Å². The molecule has 1 aliphatic rings. The van der Waals surface area contributed by atoms with Crippen LogP contribution in [0, 0.1) is 0 Å². The minimum absolute atomic E-state index is 0.0236. The average Bonchev–Trinajstić information content (AvgIpc) is 2.88. The van der Waals surface area contributed by atoms with Crippen molar-refractivity contribution in [3.8, 4) is 0 Å². The maximum atomic E-state index is 11.6. The Morgan fingerprint density at radius 3 is 2.94 bits per heavy atom. The molecular formula is C12H18N4O. The smallest absolute Gasteiger partial charge is 0.234 e. The van der Waals surface area contributed by atoms with Crippen molar-refractivity contribution >= 4 is 5.91 Å². The molecule has 1 heterocycles. The fraction of sp³-hybridized carbons (Fsp3) is 0.583. The second kappa shape index (κ2) is 6.30. The van der Waals surface area contributed by atoms with Crippen LogP contribution in [0.2, 0.25) is 0 Å². The Morgan fingerprint density at radius 2 is 2.24 bits per heavy atom. The van der Waals surface area contributed by atoms with Gasteiger partial charge in [-0.1, -0.05) is 12.8 Å². The van der Waals surface area contributed by atoms with Crippen LogP contribution in [0.15, 0.2) is 18.6 Å². The highest BCUT2D eigenvalue weighted by Gasteiger charge is 2.14. The summed E-state index contributed by atoms with van der Waals surface area (Å²) < 4.78 is 0. The van der Waals surface area contributed by atoms with E-state index in [1.165, 1.54) is 32.0 Å². The highest BCUT2D eigenvalue weighted by Crippen LogP contribution is 2.17. The molecule has 0 saturated heterocycles. The molecule has 0 spiro atoms. The van der Waals surface area contributed by atoms with Crippen LogP contribution in [0.3, 0.4) is 0 Å². The molecule has 1 fully saturated rings.